The molecule has 1 aliphatic heterocycles. The summed E-state index contributed by atoms with van der Waals surface area (Å²) in [7, 11) is 0. The van der Waals surface area contributed by atoms with Gasteiger partial charge in [0, 0.05) is 17.9 Å². The highest BCUT2D eigenvalue weighted by atomic mass is 16.7. The lowest BCUT2D eigenvalue weighted by atomic mass is 9.70. The third-order valence-electron chi connectivity index (χ3n) is 7.21. The first kappa shape index (κ1) is 24.1. The highest BCUT2D eigenvalue weighted by Crippen LogP contribution is 2.46. The van der Waals surface area contributed by atoms with Gasteiger partial charge in [0.2, 0.25) is 0 Å². The van der Waals surface area contributed by atoms with Crippen molar-refractivity contribution in [3.63, 3.8) is 0 Å². The van der Waals surface area contributed by atoms with Crippen LogP contribution in [0.3, 0.4) is 0 Å². The lowest BCUT2D eigenvalue weighted by Gasteiger charge is -2.57. The van der Waals surface area contributed by atoms with E-state index in [9.17, 15) is 4.79 Å². The van der Waals surface area contributed by atoms with E-state index in [2.05, 4.69) is 63.9 Å². The summed E-state index contributed by atoms with van der Waals surface area (Å²) in [5.74, 6) is -0.378. The van der Waals surface area contributed by atoms with Crippen LogP contribution in [0.4, 0.5) is 0 Å². The van der Waals surface area contributed by atoms with Crippen molar-refractivity contribution >= 4 is 11.7 Å². The summed E-state index contributed by atoms with van der Waals surface area (Å²) in [5.41, 5.74) is 1.96. The normalized spacial score (nSPS) is 28.4. The molecule has 5 heteroatoms. The number of hydroxylamine groups is 2. The summed E-state index contributed by atoms with van der Waals surface area (Å²) >= 11 is 0. The third-order valence-corrected chi connectivity index (χ3v) is 7.21. The van der Waals surface area contributed by atoms with E-state index in [0.717, 1.165) is 24.1 Å². The maximum Gasteiger partial charge on any atom is 0.365 e. The van der Waals surface area contributed by atoms with Crippen LogP contribution in [-0.2, 0) is 9.68 Å². The lowest BCUT2D eigenvalue weighted by Crippen LogP contribution is -2.66. The topological polar surface area (TPSA) is 51.1 Å². The summed E-state index contributed by atoms with van der Waals surface area (Å²) in [4.78, 5) is 24.5. The van der Waals surface area contributed by atoms with E-state index < -0.39 is 5.97 Å². The van der Waals surface area contributed by atoms with E-state index in [4.69, 9.17) is 9.68 Å². The number of rotatable bonds is 7. The fourth-order valence-electron chi connectivity index (χ4n) is 4.51. The summed E-state index contributed by atoms with van der Waals surface area (Å²) in [5, 5.41) is 6.59. The summed E-state index contributed by atoms with van der Waals surface area (Å²) < 4.78 is 0. The summed E-state index contributed by atoms with van der Waals surface area (Å²) in [6.45, 7) is 13.0. The highest BCUT2D eigenvalue weighted by Gasteiger charge is 2.53. The zero-order valence-corrected chi connectivity index (χ0v) is 20.2. The predicted molar refractivity (Wildman–Crippen MR) is 128 cm³/mol. The molecule has 2 aromatic rings. The molecule has 0 amide bonds. The average Bonchev–Trinajstić information content (AvgIpc) is 2.84. The van der Waals surface area contributed by atoms with Gasteiger partial charge in [-0.15, -0.1) is 0 Å². The smallest absolute Gasteiger partial charge is 0.313 e. The molecule has 172 valence electrons. The van der Waals surface area contributed by atoms with E-state index in [-0.39, 0.29) is 23.1 Å². The van der Waals surface area contributed by atoms with Gasteiger partial charge in [0.15, 0.2) is 0 Å². The number of nitrogens with zero attached hydrogens (tertiary/aromatic N) is 2. The number of oxime groups is 1. The first-order valence-electron chi connectivity index (χ1n) is 11.6. The molecule has 1 fully saturated rings. The predicted octanol–water partition coefficient (Wildman–Crippen LogP) is 6.57. The maximum absolute atomic E-state index is 12.5. The zero-order chi connectivity index (χ0) is 23.4. The zero-order valence-electron chi connectivity index (χ0n) is 20.2. The van der Waals surface area contributed by atoms with E-state index in [0.29, 0.717) is 12.0 Å². The minimum absolute atomic E-state index is 0.0543. The van der Waals surface area contributed by atoms with Gasteiger partial charge in [-0.05, 0) is 51.3 Å². The monoisotopic (exact) mass is 436 g/mol. The second-order valence-electron chi connectivity index (χ2n) is 9.24. The molecule has 1 heterocycles. The van der Waals surface area contributed by atoms with Crippen molar-refractivity contribution in [1.82, 2.24) is 5.06 Å². The van der Waals surface area contributed by atoms with E-state index in [1.165, 1.54) is 0 Å². The van der Waals surface area contributed by atoms with Crippen LogP contribution in [0.25, 0.3) is 0 Å². The van der Waals surface area contributed by atoms with Gasteiger partial charge in [-0.1, -0.05) is 74.5 Å². The minimum atomic E-state index is -0.432. The number of carbonyl (C=O) groups excluding carboxylic acids is 1. The summed E-state index contributed by atoms with van der Waals surface area (Å²) in [6.07, 6.45) is 2.35. The molecule has 2 aromatic carbocycles. The van der Waals surface area contributed by atoms with Crippen LogP contribution < -0.4 is 0 Å². The van der Waals surface area contributed by atoms with Gasteiger partial charge in [0.1, 0.15) is 6.10 Å². The van der Waals surface area contributed by atoms with Crippen LogP contribution >= 0.6 is 0 Å². The number of hydrogen-bond donors (Lipinski definition) is 0. The van der Waals surface area contributed by atoms with Crippen molar-refractivity contribution in [1.29, 1.82) is 0 Å². The van der Waals surface area contributed by atoms with Crippen LogP contribution in [-0.4, -0.2) is 27.8 Å². The van der Waals surface area contributed by atoms with Crippen molar-refractivity contribution in [2.75, 3.05) is 0 Å². The van der Waals surface area contributed by atoms with Crippen LogP contribution in [0.1, 0.15) is 82.8 Å². The molecule has 0 saturated carbocycles. The average molecular weight is 437 g/mol. The molecule has 0 spiro atoms. The molecule has 0 N–H and O–H groups in total. The van der Waals surface area contributed by atoms with Gasteiger partial charge < -0.3 is 4.84 Å². The Labute approximate surface area is 192 Å². The fourth-order valence-corrected chi connectivity index (χ4v) is 4.51. The SMILES string of the molecule is CCC1(C)CC(=NOC(=O)c2ccccc2)C(C)C(C)(CC)N1OC(C)c1ccccc1. The van der Waals surface area contributed by atoms with Crippen molar-refractivity contribution < 1.29 is 14.5 Å². The van der Waals surface area contributed by atoms with Gasteiger partial charge in [0.05, 0.1) is 16.8 Å². The van der Waals surface area contributed by atoms with Gasteiger partial charge >= 0.3 is 5.97 Å². The Hall–Kier alpha value is -2.50. The fraction of sp³-hybridized carbons (Fsp3) is 0.481. The molecule has 4 unspecified atom stereocenters. The number of carbonyl (C=O) groups is 1. The first-order valence-corrected chi connectivity index (χ1v) is 11.6. The quantitative estimate of drug-likeness (QED) is 0.364. The number of piperidine rings is 1. The Balaban J connectivity index is 1.87. The molecule has 0 bridgehead atoms. The van der Waals surface area contributed by atoms with Gasteiger partial charge in [-0.3, -0.25) is 4.84 Å². The van der Waals surface area contributed by atoms with Crippen molar-refractivity contribution in [3.8, 4) is 0 Å². The standard InChI is InChI=1S/C27H36N2O3/c1-7-26(5)19-24(28-31-25(30)23-17-13-10-14-18-23)20(3)27(6,8-2)29(26)32-21(4)22-15-11-9-12-16-22/h9-18,20-21H,7-8,19H2,1-6H3. The molecular weight excluding hydrogens is 400 g/mol. The molecule has 1 aliphatic rings. The van der Waals surface area contributed by atoms with E-state index in [1.807, 2.05) is 36.4 Å². The van der Waals surface area contributed by atoms with Gasteiger partial charge in [-0.2, -0.15) is 5.06 Å². The lowest BCUT2D eigenvalue weighted by molar-refractivity contribution is -0.310. The molecule has 32 heavy (non-hydrogen) atoms. The molecule has 4 atom stereocenters. The Bertz CT molecular complexity index is 930. The van der Waals surface area contributed by atoms with E-state index >= 15 is 0 Å². The van der Waals surface area contributed by atoms with Crippen LogP contribution in [0.5, 0.6) is 0 Å². The van der Waals surface area contributed by atoms with Crippen LogP contribution in [0.2, 0.25) is 0 Å². The van der Waals surface area contributed by atoms with Crippen LogP contribution in [0.15, 0.2) is 65.8 Å². The molecule has 1 saturated heterocycles. The van der Waals surface area contributed by atoms with Crippen molar-refractivity contribution in [2.24, 2.45) is 11.1 Å². The molecule has 0 aromatic heterocycles. The highest BCUT2D eigenvalue weighted by molar-refractivity contribution is 5.92. The molecular formula is C27H36N2O3. The first-order chi connectivity index (χ1) is 15.2. The number of hydrogen-bond acceptors (Lipinski definition) is 5. The Morgan fingerprint density at radius 3 is 2.22 bits per heavy atom. The van der Waals surface area contributed by atoms with Crippen molar-refractivity contribution in [3.05, 3.63) is 71.8 Å². The van der Waals surface area contributed by atoms with Gasteiger partial charge in [-0.25, -0.2) is 4.79 Å². The minimum Gasteiger partial charge on any atom is -0.313 e. The molecule has 0 aliphatic carbocycles. The van der Waals surface area contributed by atoms with Crippen molar-refractivity contribution in [2.45, 2.75) is 78.0 Å². The van der Waals surface area contributed by atoms with E-state index in [1.54, 1.807) is 12.1 Å². The largest absolute Gasteiger partial charge is 0.365 e. The molecule has 5 nitrogen and oxygen atoms in total. The Morgan fingerprint density at radius 1 is 1.06 bits per heavy atom. The second-order valence-corrected chi connectivity index (χ2v) is 9.24. The molecule has 0 radical (unpaired) electrons. The van der Waals surface area contributed by atoms with Gasteiger partial charge in [0.25, 0.3) is 0 Å². The number of benzene rings is 2. The van der Waals surface area contributed by atoms with Crippen LogP contribution in [0, 0.1) is 5.92 Å². The second kappa shape index (κ2) is 9.97. The molecule has 3 rings (SSSR count). The third kappa shape index (κ3) is 4.79. The maximum atomic E-state index is 12.5. The Morgan fingerprint density at radius 2 is 1.66 bits per heavy atom. The Kier molecular flexibility index (Phi) is 7.52. The summed E-state index contributed by atoms with van der Waals surface area (Å²) in [6, 6.07) is 19.3.